The number of phenols is 1. The molecular weight excluding hydrogens is 372 g/mol. The molecule has 1 saturated heterocycles. The molecule has 5 heteroatoms. The number of benzene rings is 2. The van der Waals surface area contributed by atoms with Gasteiger partial charge in [0.25, 0.3) is 0 Å². The lowest BCUT2D eigenvalue weighted by molar-refractivity contribution is 0.113. The smallest absolute Gasteiger partial charge is 0.325 e. The molecule has 2 aromatic carbocycles. The third-order valence-corrected chi connectivity index (χ3v) is 6.74. The van der Waals surface area contributed by atoms with Gasteiger partial charge in [-0.15, -0.1) is 0 Å². The molecule has 1 N–H and O–H groups in total. The first-order valence-electron chi connectivity index (χ1n) is 10.3. The predicted octanol–water partition coefficient (Wildman–Crippen LogP) is 5.82. The van der Waals surface area contributed by atoms with Gasteiger partial charge in [-0.25, -0.2) is 4.79 Å². The van der Waals surface area contributed by atoms with E-state index in [0.717, 1.165) is 49.0 Å². The van der Waals surface area contributed by atoms with E-state index in [9.17, 15) is 9.90 Å². The van der Waals surface area contributed by atoms with Crippen molar-refractivity contribution in [1.29, 1.82) is 0 Å². The van der Waals surface area contributed by atoms with Gasteiger partial charge in [0, 0.05) is 16.6 Å². The molecule has 3 fully saturated rings. The van der Waals surface area contributed by atoms with Gasteiger partial charge in [-0.1, -0.05) is 43.0 Å². The number of amides is 2. The number of halogens is 1. The lowest BCUT2D eigenvalue weighted by atomic mass is 9.81. The second kappa shape index (κ2) is 6.70. The van der Waals surface area contributed by atoms with Crippen LogP contribution in [0.5, 0.6) is 5.75 Å². The maximum Gasteiger partial charge on any atom is 0.325 e. The molecule has 0 bridgehead atoms. The van der Waals surface area contributed by atoms with Crippen LogP contribution >= 0.6 is 11.6 Å². The van der Waals surface area contributed by atoms with Crippen LogP contribution in [0.15, 0.2) is 42.5 Å². The molecule has 146 valence electrons. The number of nitrogens with zero attached hydrogens (tertiary/aromatic N) is 2. The molecule has 3 aliphatic rings. The number of carbonyl (C=O) groups is 1. The van der Waals surface area contributed by atoms with Crippen LogP contribution in [-0.4, -0.2) is 34.2 Å². The highest BCUT2D eigenvalue weighted by Gasteiger charge is 2.55. The van der Waals surface area contributed by atoms with Crippen molar-refractivity contribution < 1.29 is 9.90 Å². The zero-order valence-corrected chi connectivity index (χ0v) is 16.7. The maximum atomic E-state index is 13.6. The molecule has 0 aromatic heterocycles. The SMILES string of the molecule is O=C1N(c2ccc(O)cc2-c2cccc(Cl)c2)CC2(CCCCC2)N1C1CC1. The fourth-order valence-corrected chi connectivity index (χ4v) is 5.28. The Bertz CT molecular complexity index is 919. The summed E-state index contributed by atoms with van der Waals surface area (Å²) in [5.41, 5.74) is 2.59. The summed E-state index contributed by atoms with van der Waals surface area (Å²) in [4.78, 5) is 17.7. The van der Waals surface area contributed by atoms with Crippen molar-refractivity contribution in [1.82, 2.24) is 4.90 Å². The van der Waals surface area contributed by atoms with E-state index in [1.807, 2.05) is 35.2 Å². The number of urea groups is 1. The second-order valence-electron chi connectivity index (χ2n) is 8.47. The first-order valence-corrected chi connectivity index (χ1v) is 10.7. The van der Waals surface area contributed by atoms with Crippen LogP contribution in [0.3, 0.4) is 0 Å². The molecule has 2 aromatic rings. The van der Waals surface area contributed by atoms with Crippen LogP contribution in [0.25, 0.3) is 11.1 Å². The number of phenolic OH excluding ortho intramolecular Hbond substituents is 1. The molecule has 1 heterocycles. The van der Waals surface area contributed by atoms with Gasteiger partial charge in [0.15, 0.2) is 0 Å². The number of aromatic hydroxyl groups is 1. The van der Waals surface area contributed by atoms with Gasteiger partial charge >= 0.3 is 6.03 Å². The van der Waals surface area contributed by atoms with E-state index in [1.54, 1.807) is 12.1 Å². The Hall–Kier alpha value is -2.20. The first kappa shape index (κ1) is 17.9. The zero-order valence-electron chi connectivity index (χ0n) is 15.9. The Morgan fingerprint density at radius 1 is 1.04 bits per heavy atom. The molecule has 2 saturated carbocycles. The largest absolute Gasteiger partial charge is 0.508 e. The summed E-state index contributed by atoms with van der Waals surface area (Å²) < 4.78 is 0. The molecule has 0 atom stereocenters. The number of anilines is 1. The average Bonchev–Trinajstić information content (AvgIpc) is 3.48. The van der Waals surface area contributed by atoms with Gasteiger partial charge in [0.1, 0.15) is 5.75 Å². The molecule has 5 rings (SSSR count). The highest BCUT2D eigenvalue weighted by molar-refractivity contribution is 6.30. The van der Waals surface area contributed by atoms with Crippen LogP contribution in [0, 0.1) is 0 Å². The minimum atomic E-state index is -0.0278. The van der Waals surface area contributed by atoms with Gasteiger partial charge in [0.2, 0.25) is 0 Å². The summed E-state index contributed by atoms with van der Waals surface area (Å²) >= 11 is 6.21. The van der Waals surface area contributed by atoms with Crippen LogP contribution in [-0.2, 0) is 0 Å². The monoisotopic (exact) mass is 396 g/mol. The highest BCUT2D eigenvalue weighted by Crippen LogP contribution is 2.48. The Kier molecular flexibility index (Phi) is 4.27. The molecule has 4 nitrogen and oxygen atoms in total. The minimum absolute atomic E-state index is 0.0278. The Labute approximate surface area is 170 Å². The number of hydrogen-bond acceptors (Lipinski definition) is 2. The van der Waals surface area contributed by atoms with Crippen molar-refractivity contribution in [3.63, 3.8) is 0 Å². The van der Waals surface area contributed by atoms with Crippen molar-refractivity contribution in [3.8, 4) is 16.9 Å². The molecule has 0 unspecified atom stereocenters. The van der Waals surface area contributed by atoms with Crippen molar-refractivity contribution in [2.75, 3.05) is 11.4 Å². The molecule has 28 heavy (non-hydrogen) atoms. The lowest BCUT2D eigenvalue weighted by Crippen LogP contribution is -2.49. The fourth-order valence-electron chi connectivity index (χ4n) is 5.09. The van der Waals surface area contributed by atoms with Crippen LogP contribution < -0.4 is 4.90 Å². The predicted molar refractivity (Wildman–Crippen MR) is 112 cm³/mol. The summed E-state index contributed by atoms with van der Waals surface area (Å²) in [5.74, 6) is 0.191. The average molecular weight is 397 g/mol. The summed E-state index contributed by atoms with van der Waals surface area (Å²) in [5, 5.41) is 10.8. The van der Waals surface area contributed by atoms with Crippen LogP contribution in [0.4, 0.5) is 10.5 Å². The summed E-state index contributed by atoms with van der Waals surface area (Å²) in [7, 11) is 0. The lowest BCUT2D eigenvalue weighted by Gasteiger charge is -2.40. The normalized spacial score (nSPS) is 21.5. The second-order valence-corrected chi connectivity index (χ2v) is 8.90. The van der Waals surface area contributed by atoms with E-state index in [-0.39, 0.29) is 17.3 Å². The number of carbonyl (C=O) groups excluding carboxylic acids is 1. The number of hydrogen-bond donors (Lipinski definition) is 1. The molecule has 1 spiro atoms. The van der Waals surface area contributed by atoms with E-state index in [1.165, 1.54) is 19.3 Å². The van der Waals surface area contributed by atoms with Crippen molar-refractivity contribution in [2.24, 2.45) is 0 Å². The standard InChI is InChI=1S/C23H25ClN2O2/c24-17-6-4-5-16(13-17)20-14-19(27)9-10-21(20)25-15-23(11-2-1-3-12-23)26(22(25)28)18-7-8-18/h4-6,9-10,13-14,18,27H,1-3,7-8,11-12,15H2. The van der Waals surface area contributed by atoms with E-state index in [4.69, 9.17) is 11.6 Å². The Morgan fingerprint density at radius 2 is 1.82 bits per heavy atom. The Balaban J connectivity index is 1.59. The third kappa shape index (κ3) is 2.95. The minimum Gasteiger partial charge on any atom is -0.508 e. The first-order chi connectivity index (χ1) is 13.6. The van der Waals surface area contributed by atoms with E-state index in [0.29, 0.717) is 11.1 Å². The Morgan fingerprint density at radius 3 is 2.54 bits per heavy atom. The van der Waals surface area contributed by atoms with Gasteiger partial charge in [-0.05, 0) is 61.6 Å². The van der Waals surface area contributed by atoms with E-state index in [2.05, 4.69) is 4.90 Å². The molecule has 2 amide bonds. The van der Waals surface area contributed by atoms with Crippen LogP contribution in [0.1, 0.15) is 44.9 Å². The summed E-state index contributed by atoms with van der Waals surface area (Å²) in [6.07, 6.45) is 8.09. The van der Waals surface area contributed by atoms with E-state index >= 15 is 0 Å². The van der Waals surface area contributed by atoms with Crippen molar-refractivity contribution in [3.05, 3.63) is 47.5 Å². The molecule has 0 radical (unpaired) electrons. The topological polar surface area (TPSA) is 43.8 Å². The van der Waals surface area contributed by atoms with Crippen molar-refractivity contribution in [2.45, 2.75) is 56.5 Å². The maximum absolute atomic E-state index is 13.6. The molecular formula is C23H25ClN2O2. The molecule has 2 aliphatic carbocycles. The molecule has 1 aliphatic heterocycles. The zero-order chi connectivity index (χ0) is 19.3. The fraction of sp³-hybridized carbons (Fsp3) is 0.435. The summed E-state index contributed by atoms with van der Waals surface area (Å²) in [6.45, 7) is 0.737. The van der Waals surface area contributed by atoms with Crippen LogP contribution in [0.2, 0.25) is 5.02 Å². The van der Waals surface area contributed by atoms with Gasteiger partial charge in [0.05, 0.1) is 17.8 Å². The highest BCUT2D eigenvalue weighted by atomic mass is 35.5. The summed E-state index contributed by atoms with van der Waals surface area (Å²) in [6, 6.07) is 13.4. The van der Waals surface area contributed by atoms with Gasteiger partial charge in [-0.2, -0.15) is 0 Å². The quantitative estimate of drug-likeness (QED) is 0.710. The number of rotatable bonds is 3. The van der Waals surface area contributed by atoms with E-state index < -0.39 is 0 Å². The van der Waals surface area contributed by atoms with Gasteiger partial charge in [-0.3, -0.25) is 4.90 Å². The third-order valence-electron chi connectivity index (χ3n) is 6.50. The van der Waals surface area contributed by atoms with Gasteiger partial charge < -0.3 is 10.0 Å². The van der Waals surface area contributed by atoms with Crippen molar-refractivity contribution >= 4 is 23.3 Å².